The fourth-order valence-corrected chi connectivity index (χ4v) is 4.52. The molecule has 0 saturated heterocycles. The zero-order valence-corrected chi connectivity index (χ0v) is 12.8. The fourth-order valence-electron chi connectivity index (χ4n) is 3.20. The number of thiophene rings is 1. The first kappa shape index (κ1) is 12.9. The number of hydrogen-bond acceptors (Lipinski definition) is 3. The molecule has 1 atom stereocenters. The van der Waals surface area contributed by atoms with E-state index in [9.17, 15) is 4.79 Å². The second-order valence-electron chi connectivity index (χ2n) is 5.88. The lowest BCUT2D eigenvalue weighted by molar-refractivity contribution is 0.0935. The molecule has 3 nitrogen and oxygen atoms in total. The highest BCUT2D eigenvalue weighted by Crippen LogP contribution is 2.41. The van der Waals surface area contributed by atoms with Gasteiger partial charge < -0.3 is 10.6 Å². The second kappa shape index (κ2) is 4.88. The van der Waals surface area contributed by atoms with E-state index in [1.807, 2.05) is 0 Å². The maximum Gasteiger partial charge on any atom is 0.256 e. The molecule has 1 amide bonds. The summed E-state index contributed by atoms with van der Waals surface area (Å²) in [4.78, 5) is 13.9. The van der Waals surface area contributed by atoms with Gasteiger partial charge in [0.05, 0.1) is 5.56 Å². The van der Waals surface area contributed by atoms with Crippen molar-refractivity contribution in [1.82, 2.24) is 5.32 Å². The van der Waals surface area contributed by atoms with Crippen LogP contribution in [0.4, 0.5) is 5.00 Å². The van der Waals surface area contributed by atoms with Crippen LogP contribution in [0.15, 0.2) is 24.3 Å². The molecule has 1 unspecified atom stereocenters. The van der Waals surface area contributed by atoms with Gasteiger partial charge in [0.25, 0.3) is 5.91 Å². The molecule has 1 aliphatic carbocycles. The molecule has 2 heterocycles. The summed E-state index contributed by atoms with van der Waals surface area (Å²) in [5.74, 6) is 0.0775. The summed E-state index contributed by atoms with van der Waals surface area (Å²) in [7, 11) is 0. The Labute approximate surface area is 128 Å². The molecule has 2 aliphatic rings. The molecule has 1 aromatic heterocycles. The SMILES string of the molecule is Cc1ccc(C2NC(=O)c3c(sc4c3CCCC4)N2)cc1. The summed E-state index contributed by atoms with van der Waals surface area (Å²) in [5, 5.41) is 7.66. The second-order valence-corrected chi connectivity index (χ2v) is 6.98. The Morgan fingerprint density at radius 3 is 2.67 bits per heavy atom. The lowest BCUT2D eigenvalue weighted by atomic mass is 9.94. The van der Waals surface area contributed by atoms with Crippen LogP contribution in [0, 0.1) is 6.92 Å². The molecule has 4 heteroatoms. The molecule has 1 aromatic carbocycles. The first-order valence-corrected chi connectivity index (χ1v) is 8.32. The predicted octanol–water partition coefficient (Wildman–Crippen LogP) is 3.79. The van der Waals surface area contributed by atoms with E-state index in [2.05, 4.69) is 41.8 Å². The third-order valence-electron chi connectivity index (χ3n) is 4.36. The van der Waals surface area contributed by atoms with Crippen molar-refractivity contribution in [3.63, 3.8) is 0 Å². The Bertz CT molecular complexity index is 702. The Morgan fingerprint density at radius 1 is 1.10 bits per heavy atom. The number of amides is 1. The standard InChI is InChI=1S/C17H18N2OS/c1-10-6-8-11(9-7-10)15-18-16(20)14-12-4-2-3-5-13(12)21-17(14)19-15/h6-9,15,19H,2-5H2,1H3,(H,18,20). The Kier molecular flexibility index (Phi) is 3.00. The molecule has 2 N–H and O–H groups in total. The van der Waals surface area contributed by atoms with E-state index >= 15 is 0 Å². The van der Waals surface area contributed by atoms with Crippen molar-refractivity contribution in [3.05, 3.63) is 51.4 Å². The van der Waals surface area contributed by atoms with Gasteiger partial charge in [-0.25, -0.2) is 0 Å². The van der Waals surface area contributed by atoms with E-state index in [4.69, 9.17) is 0 Å². The molecular formula is C17H18N2OS. The highest BCUT2D eigenvalue weighted by atomic mass is 32.1. The number of rotatable bonds is 1. The minimum absolute atomic E-state index is 0.0775. The van der Waals surface area contributed by atoms with E-state index < -0.39 is 0 Å². The van der Waals surface area contributed by atoms with Crippen molar-refractivity contribution in [3.8, 4) is 0 Å². The minimum atomic E-state index is -0.120. The van der Waals surface area contributed by atoms with Gasteiger partial charge in [0.1, 0.15) is 11.2 Å². The summed E-state index contributed by atoms with van der Waals surface area (Å²) in [6, 6.07) is 8.31. The molecule has 21 heavy (non-hydrogen) atoms. The van der Waals surface area contributed by atoms with Crippen molar-refractivity contribution in [2.75, 3.05) is 5.32 Å². The Hall–Kier alpha value is -1.81. The van der Waals surface area contributed by atoms with E-state index in [0.717, 1.165) is 29.0 Å². The third-order valence-corrected chi connectivity index (χ3v) is 5.58. The number of fused-ring (bicyclic) bond motifs is 3. The number of benzene rings is 1. The van der Waals surface area contributed by atoms with E-state index in [1.165, 1.54) is 28.8 Å². The summed E-state index contributed by atoms with van der Waals surface area (Å²) < 4.78 is 0. The third kappa shape index (κ3) is 2.14. The normalized spacial score (nSPS) is 20.2. The van der Waals surface area contributed by atoms with Gasteiger partial charge in [-0.15, -0.1) is 11.3 Å². The van der Waals surface area contributed by atoms with Crippen LogP contribution in [0.25, 0.3) is 0 Å². The van der Waals surface area contributed by atoms with Crippen LogP contribution in [-0.4, -0.2) is 5.91 Å². The first-order valence-electron chi connectivity index (χ1n) is 7.51. The predicted molar refractivity (Wildman–Crippen MR) is 86.0 cm³/mol. The van der Waals surface area contributed by atoms with Gasteiger partial charge in [-0.05, 0) is 43.7 Å². The van der Waals surface area contributed by atoms with Gasteiger partial charge in [-0.1, -0.05) is 29.8 Å². The van der Waals surface area contributed by atoms with Crippen molar-refractivity contribution in [2.24, 2.45) is 0 Å². The molecule has 0 radical (unpaired) electrons. The first-order chi connectivity index (χ1) is 10.2. The fraction of sp³-hybridized carbons (Fsp3) is 0.353. The topological polar surface area (TPSA) is 41.1 Å². The van der Waals surface area contributed by atoms with Gasteiger partial charge in [-0.3, -0.25) is 4.79 Å². The monoisotopic (exact) mass is 298 g/mol. The zero-order valence-electron chi connectivity index (χ0n) is 12.0. The van der Waals surface area contributed by atoms with Gasteiger partial charge in [0, 0.05) is 4.88 Å². The maximum absolute atomic E-state index is 12.5. The van der Waals surface area contributed by atoms with E-state index in [-0.39, 0.29) is 12.1 Å². The Morgan fingerprint density at radius 2 is 1.86 bits per heavy atom. The maximum atomic E-state index is 12.5. The van der Waals surface area contributed by atoms with Crippen LogP contribution in [0.5, 0.6) is 0 Å². The quantitative estimate of drug-likeness (QED) is 0.841. The molecule has 0 saturated carbocycles. The van der Waals surface area contributed by atoms with Crippen LogP contribution < -0.4 is 10.6 Å². The van der Waals surface area contributed by atoms with Gasteiger partial charge in [0.2, 0.25) is 0 Å². The summed E-state index contributed by atoms with van der Waals surface area (Å²) in [5.41, 5.74) is 4.52. The highest BCUT2D eigenvalue weighted by Gasteiger charge is 2.31. The van der Waals surface area contributed by atoms with E-state index in [0.29, 0.717) is 0 Å². The number of anilines is 1. The van der Waals surface area contributed by atoms with Crippen LogP contribution in [0.3, 0.4) is 0 Å². The van der Waals surface area contributed by atoms with Crippen molar-refractivity contribution in [2.45, 2.75) is 38.8 Å². The Balaban J connectivity index is 1.70. The summed E-state index contributed by atoms with van der Waals surface area (Å²) >= 11 is 1.77. The molecule has 0 spiro atoms. The molecule has 1 aliphatic heterocycles. The lowest BCUT2D eigenvalue weighted by Crippen LogP contribution is -2.38. The number of carbonyl (C=O) groups is 1. The zero-order chi connectivity index (χ0) is 14.4. The van der Waals surface area contributed by atoms with Crippen LogP contribution in [0.2, 0.25) is 0 Å². The van der Waals surface area contributed by atoms with Crippen LogP contribution >= 0.6 is 11.3 Å². The molecule has 0 bridgehead atoms. The lowest BCUT2D eigenvalue weighted by Gasteiger charge is -2.26. The largest absolute Gasteiger partial charge is 0.353 e. The van der Waals surface area contributed by atoms with Gasteiger partial charge in [-0.2, -0.15) is 0 Å². The molecule has 4 rings (SSSR count). The summed E-state index contributed by atoms with van der Waals surface area (Å²) in [6.07, 6.45) is 4.49. The summed E-state index contributed by atoms with van der Waals surface area (Å²) in [6.45, 7) is 2.07. The number of aryl methyl sites for hydroxylation is 2. The van der Waals surface area contributed by atoms with E-state index in [1.54, 1.807) is 11.3 Å². The highest BCUT2D eigenvalue weighted by molar-refractivity contribution is 7.16. The molecule has 0 fully saturated rings. The molecule has 2 aromatic rings. The van der Waals surface area contributed by atoms with Gasteiger partial charge in [0.15, 0.2) is 0 Å². The smallest absolute Gasteiger partial charge is 0.256 e. The average molecular weight is 298 g/mol. The average Bonchev–Trinajstić information content (AvgIpc) is 2.86. The number of carbonyl (C=O) groups excluding carboxylic acids is 1. The van der Waals surface area contributed by atoms with Crippen molar-refractivity contribution < 1.29 is 4.79 Å². The molecule has 108 valence electrons. The number of nitrogens with one attached hydrogen (secondary N) is 2. The van der Waals surface area contributed by atoms with Crippen molar-refractivity contribution >= 4 is 22.2 Å². The van der Waals surface area contributed by atoms with Crippen molar-refractivity contribution in [1.29, 1.82) is 0 Å². The van der Waals surface area contributed by atoms with Crippen LogP contribution in [-0.2, 0) is 12.8 Å². The van der Waals surface area contributed by atoms with Crippen LogP contribution in [0.1, 0.15) is 50.9 Å². The molecular weight excluding hydrogens is 280 g/mol. The minimum Gasteiger partial charge on any atom is -0.353 e. The number of hydrogen-bond donors (Lipinski definition) is 2. The van der Waals surface area contributed by atoms with Gasteiger partial charge >= 0.3 is 0 Å².